The minimum absolute atomic E-state index is 0.219. The average molecular weight is 484 g/mol. The smallest absolute Gasteiger partial charge is 0.454 e. The molecule has 0 aliphatic heterocycles. The number of rotatable bonds is 8. The number of ether oxygens (including phenoxy) is 2. The lowest BCUT2D eigenvalue weighted by molar-refractivity contribution is -0.274. The van der Waals surface area contributed by atoms with Crippen LogP contribution in [0.25, 0.3) is 0 Å². The van der Waals surface area contributed by atoms with Crippen LogP contribution in [0.15, 0.2) is 53.6 Å². The van der Waals surface area contributed by atoms with Crippen LogP contribution in [0.4, 0.5) is 43.9 Å². The molecule has 0 bridgehead atoms. The molecule has 3 aromatic rings. The van der Waals surface area contributed by atoms with Crippen molar-refractivity contribution in [3.05, 3.63) is 54.1 Å². The van der Waals surface area contributed by atoms with Crippen molar-refractivity contribution < 1.29 is 35.8 Å². The Morgan fingerprint density at radius 2 is 1.59 bits per heavy atom. The standard InChI is InChI=1S/C19H15BF6N6O2/c20-14-4-2-1-3-11(14)9-27-32-16-29-15(30-17(31-16)33-10-18(21,22)23)28-12-5-7-13(8-6-12)34-19(24,25)26/h1-9H,10,20H2,(H2,28,29,30,31,32)/b27-9+. The number of alkyl halides is 6. The first kappa shape index (κ1) is 24.6. The molecule has 2 N–H and O–H groups in total. The highest BCUT2D eigenvalue weighted by Crippen LogP contribution is 2.25. The van der Waals surface area contributed by atoms with Crippen LogP contribution in [-0.4, -0.2) is 48.2 Å². The van der Waals surface area contributed by atoms with Gasteiger partial charge in [0.1, 0.15) is 13.6 Å². The molecule has 0 aliphatic carbocycles. The molecule has 178 valence electrons. The van der Waals surface area contributed by atoms with E-state index in [1.807, 2.05) is 20.0 Å². The van der Waals surface area contributed by atoms with Crippen molar-refractivity contribution in [2.45, 2.75) is 12.5 Å². The van der Waals surface area contributed by atoms with Gasteiger partial charge in [-0.05, 0) is 29.8 Å². The van der Waals surface area contributed by atoms with E-state index in [0.29, 0.717) is 0 Å². The van der Waals surface area contributed by atoms with Crippen LogP contribution in [0.3, 0.4) is 0 Å². The van der Waals surface area contributed by atoms with Crippen molar-refractivity contribution in [3.8, 4) is 11.8 Å². The van der Waals surface area contributed by atoms with Crippen LogP contribution < -0.4 is 25.7 Å². The molecule has 0 spiro atoms. The lowest BCUT2D eigenvalue weighted by Crippen LogP contribution is -2.20. The second-order valence-corrected chi connectivity index (χ2v) is 6.59. The van der Waals surface area contributed by atoms with Gasteiger partial charge in [-0.25, -0.2) is 5.43 Å². The van der Waals surface area contributed by atoms with E-state index in [9.17, 15) is 26.3 Å². The van der Waals surface area contributed by atoms with E-state index in [1.165, 1.54) is 18.3 Å². The van der Waals surface area contributed by atoms with Crippen LogP contribution in [0.2, 0.25) is 0 Å². The Hall–Kier alpha value is -4.04. The molecule has 15 heteroatoms. The van der Waals surface area contributed by atoms with E-state index in [-0.39, 0.29) is 17.6 Å². The van der Waals surface area contributed by atoms with Crippen molar-refractivity contribution >= 4 is 37.1 Å². The minimum atomic E-state index is -4.85. The Morgan fingerprint density at radius 3 is 2.24 bits per heavy atom. The maximum absolute atomic E-state index is 12.5. The number of nitrogens with zero attached hydrogens (tertiary/aromatic N) is 4. The maximum Gasteiger partial charge on any atom is 0.573 e. The highest BCUT2D eigenvalue weighted by Gasteiger charge is 2.31. The molecule has 34 heavy (non-hydrogen) atoms. The van der Waals surface area contributed by atoms with Gasteiger partial charge in [-0.2, -0.15) is 33.2 Å². The van der Waals surface area contributed by atoms with Crippen LogP contribution in [-0.2, 0) is 0 Å². The first-order chi connectivity index (χ1) is 16.0. The fourth-order valence-corrected chi connectivity index (χ4v) is 2.43. The monoisotopic (exact) mass is 484 g/mol. The molecule has 1 aromatic heterocycles. The zero-order valence-electron chi connectivity index (χ0n) is 17.3. The number of anilines is 3. The number of hydrazone groups is 1. The number of halogens is 6. The van der Waals surface area contributed by atoms with Crippen LogP contribution in [0.5, 0.6) is 11.8 Å². The zero-order chi connectivity index (χ0) is 24.8. The first-order valence-electron chi connectivity index (χ1n) is 9.40. The SMILES string of the molecule is Bc1ccccc1/C=N/Nc1nc(Nc2ccc(OC(F)(F)F)cc2)nc(OCC(F)(F)F)n1. The van der Waals surface area contributed by atoms with Crippen molar-refractivity contribution in [3.63, 3.8) is 0 Å². The van der Waals surface area contributed by atoms with Gasteiger partial charge < -0.3 is 14.8 Å². The number of nitrogens with one attached hydrogen (secondary N) is 2. The molecule has 0 saturated carbocycles. The largest absolute Gasteiger partial charge is 0.573 e. The highest BCUT2D eigenvalue weighted by molar-refractivity contribution is 6.35. The third-order valence-electron chi connectivity index (χ3n) is 3.88. The summed E-state index contributed by atoms with van der Waals surface area (Å²) < 4.78 is 82.8. The van der Waals surface area contributed by atoms with Gasteiger partial charge >= 0.3 is 18.5 Å². The second kappa shape index (κ2) is 10.3. The van der Waals surface area contributed by atoms with E-state index < -0.39 is 30.9 Å². The molecule has 8 nitrogen and oxygen atoms in total. The lowest BCUT2D eigenvalue weighted by Gasteiger charge is -2.12. The molecule has 0 aliphatic rings. The van der Waals surface area contributed by atoms with Gasteiger partial charge in [-0.1, -0.05) is 29.7 Å². The normalized spacial score (nSPS) is 11.9. The molecule has 0 fully saturated rings. The van der Waals surface area contributed by atoms with Crippen LogP contribution in [0.1, 0.15) is 5.56 Å². The van der Waals surface area contributed by atoms with Gasteiger partial charge in [0.2, 0.25) is 5.95 Å². The topological polar surface area (TPSA) is 93.6 Å². The third kappa shape index (κ3) is 8.14. The highest BCUT2D eigenvalue weighted by atomic mass is 19.4. The second-order valence-electron chi connectivity index (χ2n) is 6.59. The summed E-state index contributed by atoms with van der Waals surface area (Å²) in [5, 5.41) is 6.60. The predicted molar refractivity (Wildman–Crippen MR) is 114 cm³/mol. The molecule has 0 unspecified atom stereocenters. The summed E-state index contributed by atoms with van der Waals surface area (Å²) in [6.07, 6.45) is -8.03. The summed E-state index contributed by atoms with van der Waals surface area (Å²) in [5.74, 6) is -0.947. The summed E-state index contributed by atoms with van der Waals surface area (Å²) in [6.45, 7) is -1.65. The third-order valence-corrected chi connectivity index (χ3v) is 3.88. The predicted octanol–water partition coefficient (Wildman–Crippen LogP) is 3.16. The van der Waals surface area contributed by atoms with E-state index in [2.05, 4.69) is 40.3 Å². The van der Waals surface area contributed by atoms with Crippen molar-refractivity contribution in [2.24, 2.45) is 5.10 Å². The quantitative estimate of drug-likeness (QED) is 0.220. The zero-order valence-corrected chi connectivity index (χ0v) is 17.3. The Labute approximate surface area is 189 Å². The summed E-state index contributed by atoms with van der Waals surface area (Å²) in [7, 11) is 1.86. The van der Waals surface area contributed by atoms with Crippen molar-refractivity contribution in [1.29, 1.82) is 0 Å². The Morgan fingerprint density at radius 1 is 0.912 bits per heavy atom. The molecule has 0 amide bonds. The van der Waals surface area contributed by atoms with Crippen molar-refractivity contribution in [2.75, 3.05) is 17.3 Å². The fourth-order valence-electron chi connectivity index (χ4n) is 2.43. The van der Waals surface area contributed by atoms with E-state index in [4.69, 9.17) is 0 Å². The van der Waals surface area contributed by atoms with Gasteiger partial charge in [0, 0.05) is 5.69 Å². The molecule has 0 radical (unpaired) electrons. The van der Waals surface area contributed by atoms with Gasteiger partial charge in [0.25, 0.3) is 5.95 Å². The fraction of sp³-hybridized carbons (Fsp3) is 0.158. The molecular weight excluding hydrogens is 469 g/mol. The first-order valence-corrected chi connectivity index (χ1v) is 9.40. The molecule has 2 aromatic carbocycles. The number of hydrogen-bond acceptors (Lipinski definition) is 8. The summed E-state index contributed by atoms with van der Waals surface area (Å²) >= 11 is 0. The Bertz CT molecular complexity index is 1140. The summed E-state index contributed by atoms with van der Waals surface area (Å²) in [4.78, 5) is 11.4. The summed E-state index contributed by atoms with van der Waals surface area (Å²) in [6, 6.07) is 11.2. The molecule has 0 saturated heterocycles. The van der Waals surface area contributed by atoms with Crippen molar-refractivity contribution in [1.82, 2.24) is 15.0 Å². The number of hydrogen-bond donors (Lipinski definition) is 2. The van der Waals surface area contributed by atoms with E-state index >= 15 is 0 Å². The lowest BCUT2D eigenvalue weighted by atomic mass is 9.91. The van der Waals surface area contributed by atoms with Gasteiger partial charge in [0.05, 0.1) is 6.21 Å². The van der Waals surface area contributed by atoms with Gasteiger partial charge in [-0.3, -0.25) is 0 Å². The molecule has 3 rings (SSSR count). The molecule has 1 heterocycles. The van der Waals surface area contributed by atoms with E-state index in [0.717, 1.165) is 23.2 Å². The Kier molecular flexibility index (Phi) is 7.43. The minimum Gasteiger partial charge on any atom is -0.454 e. The maximum atomic E-state index is 12.5. The Balaban J connectivity index is 1.79. The molecular formula is C19H15BF6N6O2. The van der Waals surface area contributed by atoms with Crippen LogP contribution >= 0.6 is 0 Å². The van der Waals surface area contributed by atoms with Gasteiger partial charge in [-0.15, -0.1) is 13.2 Å². The van der Waals surface area contributed by atoms with E-state index in [1.54, 1.807) is 12.1 Å². The number of benzene rings is 2. The van der Waals surface area contributed by atoms with Gasteiger partial charge in [0.15, 0.2) is 6.61 Å². The number of aromatic nitrogens is 3. The summed E-state index contributed by atoms with van der Waals surface area (Å²) in [5.41, 5.74) is 4.40. The molecule has 0 atom stereocenters. The average Bonchev–Trinajstić information content (AvgIpc) is 2.74. The van der Waals surface area contributed by atoms with Crippen LogP contribution in [0, 0.1) is 0 Å².